The quantitative estimate of drug-likeness (QED) is 0.184. The minimum Gasteiger partial charge on any atom is -0.310 e. The van der Waals surface area contributed by atoms with Gasteiger partial charge in [-0.05, 0) is 126 Å². The molecule has 8 aromatic carbocycles. The lowest BCUT2D eigenvalue weighted by Gasteiger charge is -2.28. The number of benzene rings is 8. The second-order valence-electron chi connectivity index (χ2n) is 15.2. The Balaban J connectivity index is 1.11. The largest absolute Gasteiger partial charge is 0.310 e. The fraction of sp³-hybridized carbons (Fsp3) is 0.184. The Morgan fingerprint density at radius 1 is 0.440 bits per heavy atom. The van der Waals surface area contributed by atoms with Gasteiger partial charge in [0.1, 0.15) is 0 Å². The highest BCUT2D eigenvalue weighted by atomic mass is 15.1. The van der Waals surface area contributed by atoms with Crippen molar-refractivity contribution in [2.24, 2.45) is 0 Å². The van der Waals surface area contributed by atoms with Crippen molar-refractivity contribution < 1.29 is 0 Å². The van der Waals surface area contributed by atoms with Crippen LogP contribution in [0.15, 0.2) is 146 Å². The minimum absolute atomic E-state index is 0.117. The molecule has 10 rings (SSSR count). The third-order valence-electron chi connectivity index (χ3n) is 11.9. The molecule has 1 fully saturated rings. The van der Waals surface area contributed by atoms with Crippen LogP contribution in [0.25, 0.3) is 54.2 Å². The fourth-order valence-electron chi connectivity index (χ4n) is 9.49. The van der Waals surface area contributed by atoms with Crippen LogP contribution >= 0.6 is 0 Å². The smallest absolute Gasteiger partial charge is 0.0468 e. The minimum atomic E-state index is -0.117. The van der Waals surface area contributed by atoms with Gasteiger partial charge in [0.2, 0.25) is 0 Å². The summed E-state index contributed by atoms with van der Waals surface area (Å²) in [4.78, 5) is 2.42. The van der Waals surface area contributed by atoms with E-state index in [2.05, 4.69) is 164 Å². The molecule has 0 saturated heterocycles. The van der Waals surface area contributed by atoms with Crippen LogP contribution < -0.4 is 4.90 Å². The first-order valence-corrected chi connectivity index (χ1v) is 18.5. The molecule has 8 aromatic rings. The van der Waals surface area contributed by atoms with Gasteiger partial charge in [-0.3, -0.25) is 0 Å². The van der Waals surface area contributed by atoms with Crippen molar-refractivity contribution in [3.05, 3.63) is 162 Å². The topological polar surface area (TPSA) is 3.24 Å². The Morgan fingerprint density at radius 2 is 0.900 bits per heavy atom. The summed E-state index contributed by atoms with van der Waals surface area (Å²) in [5.74, 6) is 0.716. The lowest BCUT2D eigenvalue weighted by atomic mass is 9.77. The first-order chi connectivity index (χ1) is 24.5. The summed E-state index contributed by atoms with van der Waals surface area (Å²) < 4.78 is 0. The van der Waals surface area contributed by atoms with Crippen molar-refractivity contribution in [1.82, 2.24) is 0 Å². The van der Waals surface area contributed by atoms with Crippen LogP contribution in [0.2, 0.25) is 0 Å². The van der Waals surface area contributed by atoms with Crippen molar-refractivity contribution in [2.45, 2.75) is 57.3 Å². The normalized spacial score (nSPS) is 15.5. The van der Waals surface area contributed by atoms with Gasteiger partial charge in [0, 0.05) is 22.5 Å². The number of fused-ring (bicyclic) bond motifs is 9. The molecule has 0 radical (unpaired) electrons. The summed E-state index contributed by atoms with van der Waals surface area (Å²) in [5.41, 5.74) is 10.6. The second kappa shape index (κ2) is 11.3. The number of hydrogen-bond donors (Lipinski definition) is 0. The molecule has 0 N–H and O–H groups in total. The van der Waals surface area contributed by atoms with Crippen molar-refractivity contribution in [3.63, 3.8) is 0 Å². The maximum atomic E-state index is 2.50. The molecule has 1 saturated carbocycles. The van der Waals surface area contributed by atoms with Gasteiger partial charge in [0.05, 0.1) is 0 Å². The van der Waals surface area contributed by atoms with Crippen LogP contribution in [0.3, 0.4) is 0 Å². The Kier molecular flexibility index (Phi) is 6.68. The van der Waals surface area contributed by atoms with Crippen LogP contribution in [0.1, 0.15) is 68.6 Å². The van der Waals surface area contributed by atoms with Crippen molar-refractivity contribution >= 4 is 60.2 Å². The Labute approximate surface area is 294 Å². The lowest BCUT2D eigenvalue weighted by molar-refractivity contribution is 0.444. The summed E-state index contributed by atoms with van der Waals surface area (Å²) in [6.45, 7) is 4.88. The summed E-state index contributed by atoms with van der Waals surface area (Å²) in [6, 6.07) is 54.9. The fourth-order valence-corrected chi connectivity index (χ4v) is 9.49. The molecule has 0 aromatic heterocycles. The Bertz CT molecular complexity index is 2540. The van der Waals surface area contributed by atoms with Gasteiger partial charge in [-0.25, -0.2) is 0 Å². The standard InChI is InChI=1S/C49H41N/c1-49(2)47-43-24-18-37(32-10-4-3-5-11-32)28-38(43)19-25-45(47)46-26-20-39-31-42(23-27-44(39)48(46)49)50(40-21-16-33-12-6-8-14-35(33)29-40)41-22-17-34-13-7-9-15-36(34)30-41/h6-9,12-32H,3-5,10-11H2,1-2H3. The first kappa shape index (κ1) is 29.5. The SMILES string of the molecule is CC1(C)c2c(ccc3cc(C4CCCCC4)ccc23)-c2ccc3cc(N(c4ccc5ccccc5c4)c4ccc5ccccc5c4)ccc3c21. The van der Waals surface area contributed by atoms with Gasteiger partial charge in [-0.15, -0.1) is 0 Å². The summed E-state index contributed by atoms with van der Waals surface area (Å²) >= 11 is 0. The van der Waals surface area contributed by atoms with E-state index in [1.807, 2.05) is 0 Å². The molecule has 50 heavy (non-hydrogen) atoms. The van der Waals surface area contributed by atoms with Gasteiger partial charge in [-0.1, -0.05) is 142 Å². The van der Waals surface area contributed by atoms with E-state index in [4.69, 9.17) is 0 Å². The maximum absolute atomic E-state index is 2.50. The van der Waals surface area contributed by atoms with Crippen LogP contribution in [0, 0.1) is 0 Å². The Hall–Kier alpha value is -5.40. The van der Waals surface area contributed by atoms with E-state index in [-0.39, 0.29) is 5.41 Å². The van der Waals surface area contributed by atoms with Crippen LogP contribution in [0.4, 0.5) is 17.1 Å². The van der Waals surface area contributed by atoms with E-state index < -0.39 is 0 Å². The lowest BCUT2D eigenvalue weighted by Crippen LogP contribution is -2.16. The van der Waals surface area contributed by atoms with E-state index in [0.717, 1.165) is 17.1 Å². The monoisotopic (exact) mass is 643 g/mol. The molecule has 2 aliphatic carbocycles. The highest BCUT2D eigenvalue weighted by Gasteiger charge is 2.38. The Morgan fingerprint density at radius 3 is 1.48 bits per heavy atom. The molecule has 2 aliphatic rings. The van der Waals surface area contributed by atoms with Gasteiger partial charge < -0.3 is 4.90 Å². The molecule has 0 bridgehead atoms. The molecular weight excluding hydrogens is 603 g/mol. The highest BCUT2D eigenvalue weighted by molar-refractivity contribution is 6.05. The molecule has 0 amide bonds. The van der Waals surface area contributed by atoms with E-state index in [0.29, 0.717) is 5.92 Å². The zero-order valence-electron chi connectivity index (χ0n) is 28.9. The van der Waals surface area contributed by atoms with Gasteiger partial charge in [0.15, 0.2) is 0 Å². The summed E-state index contributed by atoms with van der Waals surface area (Å²) in [6.07, 6.45) is 6.80. The third-order valence-corrected chi connectivity index (χ3v) is 11.9. The van der Waals surface area contributed by atoms with Gasteiger partial charge in [0.25, 0.3) is 0 Å². The number of hydrogen-bond acceptors (Lipinski definition) is 1. The van der Waals surface area contributed by atoms with E-state index >= 15 is 0 Å². The van der Waals surface area contributed by atoms with Gasteiger partial charge in [-0.2, -0.15) is 0 Å². The molecule has 0 aliphatic heterocycles. The predicted octanol–water partition coefficient (Wildman–Crippen LogP) is 14.1. The van der Waals surface area contributed by atoms with Crippen molar-refractivity contribution in [3.8, 4) is 11.1 Å². The van der Waals surface area contributed by atoms with Crippen molar-refractivity contribution in [1.29, 1.82) is 0 Å². The molecule has 242 valence electrons. The van der Waals surface area contributed by atoms with Crippen LogP contribution in [0.5, 0.6) is 0 Å². The molecule has 1 nitrogen and oxygen atoms in total. The second-order valence-corrected chi connectivity index (χ2v) is 15.2. The number of anilines is 3. The molecule has 1 heteroatoms. The van der Waals surface area contributed by atoms with E-state index in [1.54, 1.807) is 0 Å². The van der Waals surface area contributed by atoms with E-state index in [9.17, 15) is 0 Å². The molecule has 0 heterocycles. The summed E-state index contributed by atoms with van der Waals surface area (Å²) in [5, 5.41) is 10.4. The van der Waals surface area contributed by atoms with Crippen LogP contribution in [-0.2, 0) is 5.41 Å². The van der Waals surface area contributed by atoms with Gasteiger partial charge >= 0.3 is 0 Å². The maximum Gasteiger partial charge on any atom is 0.0468 e. The average Bonchev–Trinajstić information content (AvgIpc) is 3.41. The predicted molar refractivity (Wildman–Crippen MR) is 215 cm³/mol. The molecular formula is C49H41N. The zero-order valence-corrected chi connectivity index (χ0v) is 28.9. The molecule has 0 spiro atoms. The molecule has 0 unspecified atom stereocenters. The van der Waals surface area contributed by atoms with Crippen LogP contribution in [-0.4, -0.2) is 0 Å². The first-order valence-electron chi connectivity index (χ1n) is 18.5. The summed E-state index contributed by atoms with van der Waals surface area (Å²) in [7, 11) is 0. The molecule has 0 atom stereocenters. The highest BCUT2D eigenvalue weighted by Crippen LogP contribution is 2.54. The van der Waals surface area contributed by atoms with E-state index in [1.165, 1.54) is 103 Å². The third kappa shape index (κ3) is 4.60. The number of rotatable bonds is 4. The average molecular weight is 644 g/mol. The zero-order chi connectivity index (χ0) is 33.4. The van der Waals surface area contributed by atoms with Crippen molar-refractivity contribution in [2.75, 3.05) is 4.90 Å². The number of nitrogens with zero attached hydrogens (tertiary/aromatic N) is 1.